The van der Waals surface area contributed by atoms with Gasteiger partial charge in [-0.25, -0.2) is 0 Å². The molecule has 0 aliphatic carbocycles. The lowest BCUT2D eigenvalue weighted by molar-refractivity contribution is -0.143. The molecule has 1 fully saturated rings. The summed E-state index contributed by atoms with van der Waals surface area (Å²) in [6.07, 6.45) is 2.53. The van der Waals surface area contributed by atoms with Crippen molar-refractivity contribution in [2.75, 3.05) is 126 Å². The number of carbonyl (C=O) groups is 7. The van der Waals surface area contributed by atoms with Gasteiger partial charge in [0.05, 0.1) is 45.8 Å². The molecule has 3 N–H and O–H groups in total. The minimum absolute atomic E-state index is 0.0662. The van der Waals surface area contributed by atoms with Gasteiger partial charge in [0.15, 0.2) is 0 Å². The molecule has 0 aromatic carbocycles. The van der Waals surface area contributed by atoms with Gasteiger partial charge in [0.25, 0.3) is 0 Å². The summed E-state index contributed by atoms with van der Waals surface area (Å²) >= 11 is 0. The van der Waals surface area contributed by atoms with E-state index in [1.165, 1.54) is 35.8 Å². The van der Waals surface area contributed by atoms with Crippen molar-refractivity contribution in [1.29, 1.82) is 0 Å². The Hall–Kier alpha value is -3.67. The van der Waals surface area contributed by atoms with Crippen LogP contribution in [-0.2, 0) is 33.6 Å². The second kappa shape index (κ2) is 22.0. The van der Waals surface area contributed by atoms with Crippen molar-refractivity contribution in [3.63, 3.8) is 0 Å². The second-order valence-corrected chi connectivity index (χ2v) is 11.5. The largest absolute Gasteiger partial charge is 0.480 e. The van der Waals surface area contributed by atoms with Gasteiger partial charge in [-0.3, -0.25) is 48.4 Å². The van der Waals surface area contributed by atoms with Gasteiger partial charge in [-0.15, -0.1) is 0 Å². The Morgan fingerprint density at radius 1 is 0.630 bits per heavy atom. The molecule has 1 aliphatic rings. The molecule has 1 saturated heterocycles. The van der Waals surface area contributed by atoms with Crippen LogP contribution in [0.4, 0.5) is 0 Å². The van der Waals surface area contributed by atoms with Crippen LogP contribution in [0, 0.1) is 0 Å². The molecular formula is C29H52N8O9. The lowest BCUT2D eigenvalue weighted by Crippen LogP contribution is -2.50. The Labute approximate surface area is 271 Å². The van der Waals surface area contributed by atoms with Gasteiger partial charge < -0.3 is 35.0 Å². The highest BCUT2D eigenvalue weighted by Crippen LogP contribution is 2.03. The quantitative estimate of drug-likeness (QED) is 0.105. The molecule has 0 aromatic heterocycles. The summed E-state index contributed by atoms with van der Waals surface area (Å²) in [5.41, 5.74) is 0. The molecule has 0 aromatic rings. The van der Waals surface area contributed by atoms with Crippen molar-refractivity contribution < 1.29 is 43.8 Å². The number of aldehydes is 1. The molecule has 262 valence electrons. The minimum atomic E-state index is -1.03. The van der Waals surface area contributed by atoms with E-state index >= 15 is 0 Å². The summed E-state index contributed by atoms with van der Waals surface area (Å²) in [6, 6.07) is 0. The van der Waals surface area contributed by atoms with Crippen LogP contribution in [0.25, 0.3) is 0 Å². The van der Waals surface area contributed by atoms with Crippen LogP contribution in [0.3, 0.4) is 0 Å². The van der Waals surface area contributed by atoms with Crippen LogP contribution in [0.2, 0.25) is 0 Å². The molecule has 17 nitrogen and oxygen atoms in total. The predicted octanol–water partition coefficient (Wildman–Crippen LogP) is -3.13. The maximum absolute atomic E-state index is 13.2. The molecule has 0 saturated carbocycles. The van der Waals surface area contributed by atoms with Crippen LogP contribution in [-0.4, -0.2) is 212 Å². The van der Waals surface area contributed by atoms with Crippen molar-refractivity contribution in [2.24, 2.45) is 0 Å². The minimum Gasteiger partial charge on any atom is -0.480 e. The molecule has 0 atom stereocenters. The number of hydrogen-bond acceptors (Lipinski definition) is 11. The summed E-state index contributed by atoms with van der Waals surface area (Å²) in [7, 11) is 4.40. The molecule has 17 heteroatoms. The fourth-order valence-electron chi connectivity index (χ4n) is 4.62. The summed E-state index contributed by atoms with van der Waals surface area (Å²) in [4.78, 5) is 95.5. The van der Waals surface area contributed by atoms with Crippen molar-refractivity contribution in [3.8, 4) is 0 Å². The van der Waals surface area contributed by atoms with Crippen LogP contribution >= 0.6 is 0 Å². The standard InChI is InChI=1S/C29H52N8O9/c1-5-6-7-30-24(39)18-31(2)25(40)19-32(3)26(41)20-33(4)27(42)21-35-10-8-34(16-17-38)9-11-36(22-28(43)44)14-15-37(13-12-35)23-29(45)46/h17H,5-16,18-23H2,1-4H3,(H,30,39)(H,43,44)(H,45,46). The average Bonchev–Trinajstić information content (AvgIpc) is 2.97. The first-order chi connectivity index (χ1) is 21.7. The second-order valence-electron chi connectivity index (χ2n) is 11.5. The summed E-state index contributed by atoms with van der Waals surface area (Å²) in [5, 5.41) is 21.4. The Morgan fingerprint density at radius 3 is 1.43 bits per heavy atom. The average molecular weight is 657 g/mol. The van der Waals surface area contributed by atoms with Crippen LogP contribution in [0.15, 0.2) is 0 Å². The van der Waals surface area contributed by atoms with Crippen LogP contribution in [0.1, 0.15) is 19.8 Å². The monoisotopic (exact) mass is 656 g/mol. The van der Waals surface area contributed by atoms with E-state index in [4.69, 9.17) is 0 Å². The fraction of sp³-hybridized carbons (Fsp3) is 0.759. The van der Waals surface area contributed by atoms with E-state index in [0.717, 1.165) is 19.1 Å². The first kappa shape index (κ1) is 40.4. The SMILES string of the molecule is CCCCNC(=O)CN(C)C(=O)CN(C)C(=O)CN(C)C(=O)CN1CCN(CC=O)CCN(CC(=O)O)CCN(CC(=O)O)CC1. The molecule has 1 rings (SSSR count). The number of unbranched alkanes of at least 4 members (excludes halogenated alkanes) is 1. The zero-order valence-electron chi connectivity index (χ0n) is 27.7. The van der Waals surface area contributed by atoms with Gasteiger partial charge in [-0.05, 0) is 6.42 Å². The van der Waals surface area contributed by atoms with Gasteiger partial charge in [-0.2, -0.15) is 0 Å². The Morgan fingerprint density at radius 2 is 1.02 bits per heavy atom. The van der Waals surface area contributed by atoms with Gasteiger partial charge >= 0.3 is 11.9 Å². The normalized spacial score (nSPS) is 16.0. The number of carboxylic acid groups (broad SMARTS) is 2. The Kier molecular flexibility index (Phi) is 19.3. The molecule has 0 radical (unpaired) electrons. The number of hydrogen-bond donors (Lipinski definition) is 3. The number of likely N-dealkylation sites (N-methyl/N-ethyl adjacent to an activating group) is 3. The first-order valence-corrected chi connectivity index (χ1v) is 15.5. The first-order valence-electron chi connectivity index (χ1n) is 15.5. The summed E-state index contributed by atoms with van der Waals surface area (Å²) in [6.45, 7) is 4.24. The smallest absolute Gasteiger partial charge is 0.317 e. The predicted molar refractivity (Wildman–Crippen MR) is 168 cm³/mol. The van der Waals surface area contributed by atoms with E-state index in [0.29, 0.717) is 58.9 Å². The molecule has 1 heterocycles. The number of carbonyl (C=O) groups excluding carboxylic acids is 5. The van der Waals surface area contributed by atoms with E-state index in [1.807, 2.05) is 16.7 Å². The molecule has 46 heavy (non-hydrogen) atoms. The van der Waals surface area contributed by atoms with E-state index < -0.39 is 23.8 Å². The number of carboxylic acids is 2. The molecule has 4 amide bonds. The van der Waals surface area contributed by atoms with Crippen molar-refractivity contribution in [1.82, 2.24) is 39.6 Å². The third kappa shape index (κ3) is 17.1. The van der Waals surface area contributed by atoms with E-state index in [9.17, 15) is 43.8 Å². The fourth-order valence-corrected chi connectivity index (χ4v) is 4.62. The van der Waals surface area contributed by atoms with E-state index in [-0.39, 0.29) is 57.6 Å². The highest BCUT2D eigenvalue weighted by molar-refractivity contribution is 5.90. The third-order valence-corrected chi connectivity index (χ3v) is 7.59. The van der Waals surface area contributed by atoms with E-state index in [1.54, 1.807) is 9.80 Å². The maximum atomic E-state index is 13.2. The van der Waals surface area contributed by atoms with Crippen molar-refractivity contribution in [2.45, 2.75) is 19.8 Å². The Bertz CT molecular complexity index is 1030. The summed E-state index contributed by atoms with van der Waals surface area (Å²) < 4.78 is 0. The van der Waals surface area contributed by atoms with Crippen molar-refractivity contribution >= 4 is 41.9 Å². The molecule has 0 unspecified atom stereocenters. The molecular weight excluding hydrogens is 604 g/mol. The number of nitrogens with one attached hydrogen (secondary N) is 1. The summed E-state index contributed by atoms with van der Waals surface area (Å²) in [5.74, 6) is -3.57. The zero-order chi connectivity index (χ0) is 34.6. The van der Waals surface area contributed by atoms with Gasteiger partial charge in [0.2, 0.25) is 23.6 Å². The van der Waals surface area contributed by atoms with Gasteiger partial charge in [0.1, 0.15) is 6.29 Å². The highest BCUT2D eigenvalue weighted by atomic mass is 16.4. The highest BCUT2D eigenvalue weighted by Gasteiger charge is 2.24. The van der Waals surface area contributed by atoms with Gasteiger partial charge in [0, 0.05) is 80.0 Å². The Balaban J connectivity index is 2.81. The van der Waals surface area contributed by atoms with Crippen LogP contribution < -0.4 is 5.32 Å². The number of nitrogens with zero attached hydrogens (tertiary/aromatic N) is 7. The molecule has 0 bridgehead atoms. The zero-order valence-corrected chi connectivity index (χ0v) is 27.7. The molecule has 0 spiro atoms. The third-order valence-electron chi connectivity index (χ3n) is 7.59. The number of rotatable bonds is 17. The van der Waals surface area contributed by atoms with Gasteiger partial charge in [-0.1, -0.05) is 13.3 Å². The lowest BCUT2D eigenvalue weighted by Gasteiger charge is -2.33. The lowest BCUT2D eigenvalue weighted by atomic mass is 10.3. The number of amides is 4. The maximum Gasteiger partial charge on any atom is 0.317 e. The van der Waals surface area contributed by atoms with Crippen molar-refractivity contribution in [3.05, 3.63) is 0 Å². The van der Waals surface area contributed by atoms with E-state index in [2.05, 4.69) is 5.32 Å². The van der Waals surface area contributed by atoms with Crippen LogP contribution in [0.5, 0.6) is 0 Å². The molecule has 1 aliphatic heterocycles. The number of aliphatic carboxylic acids is 2. The topological polar surface area (TPSA) is 195 Å².